The summed E-state index contributed by atoms with van der Waals surface area (Å²) in [6.45, 7) is 8.70. The van der Waals surface area contributed by atoms with E-state index in [4.69, 9.17) is 26.0 Å². The maximum Gasteiger partial charge on any atom is 0.407 e. The summed E-state index contributed by atoms with van der Waals surface area (Å²) in [6.07, 6.45) is -1.61. The molecule has 0 aliphatic carbocycles. The fourth-order valence-corrected chi connectivity index (χ4v) is 7.03. The second-order valence-electron chi connectivity index (χ2n) is 14.4. The number of hydrogen-bond donors (Lipinski definition) is 3. The molecule has 61 heavy (non-hydrogen) atoms. The fraction of sp³-hybridized carbons (Fsp3) is 0.279. The predicted octanol–water partition coefficient (Wildman–Crippen LogP) is 7.97. The van der Waals surface area contributed by atoms with Crippen LogP contribution < -0.4 is 25.7 Å². The molecule has 0 fully saturated rings. The standard InChI is InChI=1S/C43H37F4N9O5/c1-42(23-60-30-12-7-25(22-48)8-13-30,41(58)52-28-11-16-33(49-2)32(21-28)43(45,46)47)61-18-6-4-5-17-59-29-14-9-26(10-15-29)37-36(39-50-24-51-56(39)3)38-35-31(40(57)55-54-38)19-27(44)20-34(35)53-37/h7-16,19-21,24,36-37,53H,4-6,17-18,23H2,1,3H3,(H,52,58)(H,55,57)/t36-,37-,42+/m1/s1. The zero-order chi connectivity index (χ0) is 43.3. The molecule has 0 saturated carbocycles. The summed E-state index contributed by atoms with van der Waals surface area (Å²) in [4.78, 5) is 33.6. The van der Waals surface area contributed by atoms with Gasteiger partial charge in [0.15, 0.2) is 11.3 Å². The van der Waals surface area contributed by atoms with Crippen molar-refractivity contribution in [2.45, 2.75) is 49.9 Å². The molecule has 2 aromatic heterocycles. The van der Waals surface area contributed by atoms with Crippen molar-refractivity contribution in [2.24, 2.45) is 7.05 Å². The van der Waals surface area contributed by atoms with Gasteiger partial charge in [-0.05, 0) is 92.4 Å². The molecule has 0 bridgehead atoms. The number of aromatic nitrogens is 5. The van der Waals surface area contributed by atoms with Crippen LogP contribution in [-0.4, -0.2) is 56.3 Å². The highest BCUT2D eigenvalue weighted by molar-refractivity contribution is 5.98. The van der Waals surface area contributed by atoms with Gasteiger partial charge in [0.25, 0.3) is 11.5 Å². The number of halogens is 4. The molecule has 18 heteroatoms. The van der Waals surface area contributed by atoms with E-state index >= 15 is 0 Å². The predicted molar refractivity (Wildman–Crippen MR) is 215 cm³/mol. The Kier molecular flexibility index (Phi) is 12.0. The molecular formula is C43H37F4N9O5. The van der Waals surface area contributed by atoms with Crippen LogP contribution in [0.3, 0.4) is 0 Å². The summed E-state index contributed by atoms with van der Waals surface area (Å²) in [7, 11) is 1.76. The van der Waals surface area contributed by atoms with Gasteiger partial charge in [-0.25, -0.2) is 19.3 Å². The number of hydrogen-bond acceptors (Lipinski definition) is 10. The number of amides is 1. The number of ether oxygens (including phenoxy) is 3. The van der Waals surface area contributed by atoms with E-state index in [1.165, 1.54) is 43.6 Å². The monoisotopic (exact) mass is 835 g/mol. The highest BCUT2D eigenvalue weighted by Crippen LogP contribution is 2.46. The van der Waals surface area contributed by atoms with Gasteiger partial charge < -0.3 is 24.8 Å². The van der Waals surface area contributed by atoms with E-state index in [2.05, 4.69) is 35.8 Å². The third-order valence-electron chi connectivity index (χ3n) is 10.2. The fourth-order valence-electron chi connectivity index (χ4n) is 7.03. The van der Waals surface area contributed by atoms with Crippen LogP contribution in [0.2, 0.25) is 0 Å². The second kappa shape index (κ2) is 17.5. The van der Waals surface area contributed by atoms with Crippen molar-refractivity contribution in [1.82, 2.24) is 25.0 Å². The molecular weight excluding hydrogens is 799 g/mol. The van der Waals surface area contributed by atoms with Crippen LogP contribution in [0, 0.1) is 23.7 Å². The number of aromatic amines is 1. The molecule has 1 aliphatic heterocycles. The topological polar surface area (TPSA) is 173 Å². The first kappa shape index (κ1) is 41.8. The normalized spacial score (nSPS) is 15.5. The number of anilines is 2. The van der Waals surface area contributed by atoms with Crippen LogP contribution in [0.4, 0.5) is 34.6 Å². The molecule has 0 radical (unpaired) electrons. The summed E-state index contributed by atoms with van der Waals surface area (Å²) in [6, 6.07) is 20.5. The average molecular weight is 836 g/mol. The van der Waals surface area contributed by atoms with Crippen molar-refractivity contribution < 1.29 is 36.6 Å². The lowest BCUT2D eigenvalue weighted by Gasteiger charge is -2.33. The molecule has 0 spiro atoms. The van der Waals surface area contributed by atoms with Crippen LogP contribution in [0.25, 0.3) is 15.6 Å². The Morgan fingerprint density at radius 1 is 1.00 bits per heavy atom. The van der Waals surface area contributed by atoms with Gasteiger partial charge >= 0.3 is 6.18 Å². The van der Waals surface area contributed by atoms with E-state index in [0.717, 1.165) is 11.6 Å². The van der Waals surface area contributed by atoms with Crippen LogP contribution in [-0.2, 0) is 22.8 Å². The number of alkyl halides is 3. The molecule has 312 valence electrons. The van der Waals surface area contributed by atoms with E-state index in [1.54, 1.807) is 23.9 Å². The van der Waals surface area contributed by atoms with Crippen molar-refractivity contribution in [3.8, 4) is 17.6 Å². The third kappa shape index (κ3) is 9.14. The molecule has 0 saturated heterocycles. The minimum Gasteiger partial charge on any atom is -0.494 e. The largest absolute Gasteiger partial charge is 0.494 e. The van der Waals surface area contributed by atoms with Gasteiger partial charge in [0.2, 0.25) is 0 Å². The maximum atomic E-state index is 14.7. The van der Waals surface area contributed by atoms with Gasteiger partial charge in [0.1, 0.15) is 36.1 Å². The number of nitriles is 1. The van der Waals surface area contributed by atoms with Gasteiger partial charge in [-0.1, -0.05) is 18.2 Å². The summed E-state index contributed by atoms with van der Waals surface area (Å²) < 4.78 is 75.1. The van der Waals surface area contributed by atoms with Crippen molar-refractivity contribution in [1.29, 1.82) is 5.26 Å². The lowest BCUT2D eigenvalue weighted by Crippen LogP contribution is -2.48. The average Bonchev–Trinajstić information content (AvgIpc) is 3.68. The SMILES string of the molecule is [C-]#[N+]c1ccc(NC(=O)[C@](C)(COc2ccc(C#N)cc2)OCCCCCOc2ccc([C@H]3Nc4cc(F)cc5c(=O)[nH]nc(c45)[C@@H]3c3ncnn3C)cc2)cc1C(F)(F)F. The number of H-pyrrole nitrogens is 1. The molecule has 7 rings (SSSR count). The number of nitrogens with zero attached hydrogens (tertiary/aromatic N) is 6. The number of benzene rings is 4. The van der Waals surface area contributed by atoms with Crippen LogP contribution in [0.1, 0.15) is 66.4 Å². The Morgan fingerprint density at radius 3 is 2.41 bits per heavy atom. The van der Waals surface area contributed by atoms with E-state index in [1.807, 2.05) is 30.3 Å². The molecule has 1 aliphatic rings. The molecule has 0 unspecified atom stereocenters. The molecule has 14 nitrogen and oxygen atoms in total. The quantitative estimate of drug-likeness (QED) is 0.0523. The summed E-state index contributed by atoms with van der Waals surface area (Å²) >= 11 is 0. The van der Waals surface area contributed by atoms with Gasteiger partial charge in [-0.3, -0.25) is 14.3 Å². The summed E-state index contributed by atoms with van der Waals surface area (Å²) in [5.74, 6) is -0.284. The summed E-state index contributed by atoms with van der Waals surface area (Å²) in [5, 5.41) is 26.8. The first-order valence-electron chi connectivity index (χ1n) is 19.0. The van der Waals surface area contributed by atoms with Crippen molar-refractivity contribution in [3.63, 3.8) is 0 Å². The van der Waals surface area contributed by atoms with E-state index in [0.29, 0.717) is 71.6 Å². The molecule has 1 amide bonds. The zero-order valence-electron chi connectivity index (χ0n) is 32.7. The van der Waals surface area contributed by atoms with E-state index in [9.17, 15) is 27.2 Å². The Balaban J connectivity index is 0.962. The van der Waals surface area contributed by atoms with Crippen molar-refractivity contribution in [2.75, 3.05) is 30.5 Å². The number of nitrogens with one attached hydrogen (secondary N) is 3. The second-order valence-corrected chi connectivity index (χ2v) is 14.4. The minimum absolute atomic E-state index is 0.102. The number of carbonyl (C=O) groups is 1. The zero-order valence-corrected chi connectivity index (χ0v) is 32.7. The van der Waals surface area contributed by atoms with Gasteiger partial charge in [-0.15, -0.1) is 0 Å². The van der Waals surface area contributed by atoms with Crippen LogP contribution >= 0.6 is 0 Å². The summed E-state index contributed by atoms with van der Waals surface area (Å²) in [5.41, 5.74) is -1.92. The maximum absolute atomic E-state index is 14.7. The molecule has 4 aromatic carbocycles. The number of unbranched alkanes of at least 4 members (excludes halogenated alkanes) is 2. The minimum atomic E-state index is -4.81. The molecule has 3 heterocycles. The Morgan fingerprint density at radius 2 is 1.72 bits per heavy atom. The van der Waals surface area contributed by atoms with Gasteiger partial charge in [0, 0.05) is 30.4 Å². The van der Waals surface area contributed by atoms with Crippen LogP contribution in [0.5, 0.6) is 11.5 Å². The first-order valence-corrected chi connectivity index (χ1v) is 19.0. The van der Waals surface area contributed by atoms with E-state index in [-0.39, 0.29) is 24.3 Å². The molecule has 3 atom stereocenters. The highest BCUT2D eigenvalue weighted by atomic mass is 19.4. The Labute approximate surface area is 345 Å². The van der Waals surface area contributed by atoms with E-state index < -0.39 is 52.3 Å². The smallest absolute Gasteiger partial charge is 0.407 e. The third-order valence-corrected chi connectivity index (χ3v) is 10.2. The number of carbonyl (C=O) groups excluding carboxylic acids is 1. The van der Waals surface area contributed by atoms with Crippen molar-refractivity contribution in [3.05, 3.63) is 141 Å². The van der Waals surface area contributed by atoms with Gasteiger partial charge in [-0.2, -0.15) is 28.6 Å². The highest BCUT2D eigenvalue weighted by Gasteiger charge is 2.39. The first-order chi connectivity index (χ1) is 29.3. The lowest BCUT2D eigenvalue weighted by molar-refractivity contribution is -0.143. The number of aryl methyl sites for hydroxylation is 1. The Hall–Kier alpha value is -7.31. The molecule has 3 N–H and O–H groups in total. The van der Waals surface area contributed by atoms with Crippen molar-refractivity contribution >= 4 is 33.7 Å². The van der Waals surface area contributed by atoms with Crippen LogP contribution in [0.15, 0.2) is 90.0 Å². The lowest BCUT2D eigenvalue weighted by atomic mass is 9.83. The Bertz CT molecular complexity index is 2710. The molecule has 6 aromatic rings. The van der Waals surface area contributed by atoms with Gasteiger partial charge in [0.05, 0.1) is 53.4 Å². The number of rotatable bonds is 15.